The Bertz CT molecular complexity index is 463. The monoisotopic (exact) mass is 283 g/mol. The highest BCUT2D eigenvalue weighted by atomic mass is 32.1. The average Bonchev–Trinajstić information content (AvgIpc) is 2.96. The molecule has 104 valence electrons. The second kappa shape index (κ2) is 5.56. The van der Waals surface area contributed by atoms with Gasteiger partial charge in [-0.25, -0.2) is 9.78 Å². The number of thiazole rings is 1. The molecular weight excluding hydrogens is 266 g/mol. The number of amides is 2. The van der Waals surface area contributed by atoms with Crippen LogP contribution < -0.4 is 5.32 Å². The predicted molar refractivity (Wildman–Crippen MR) is 70.9 cm³/mol. The molecule has 6 nitrogen and oxygen atoms in total. The summed E-state index contributed by atoms with van der Waals surface area (Å²) in [4.78, 5) is 28.8. The van der Waals surface area contributed by atoms with Crippen LogP contribution in [0.25, 0.3) is 0 Å². The summed E-state index contributed by atoms with van der Waals surface area (Å²) in [5.41, 5.74) is 0. The molecule has 1 aromatic rings. The fourth-order valence-electron chi connectivity index (χ4n) is 2.24. The number of carboxylic acid groups (broad SMARTS) is 1. The quantitative estimate of drug-likeness (QED) is 0.882. The van der Waals surface area contributed by atoms with E-state index in [1.165, 1.54) is 11.3 Å². The summed E-state index contributed by atoms with van der Waals surface area (Å²) < 4.78 is 0. The van der Waals surface area contributed by atoms with Crippen LogP contribution in [0.2, 0.25) is 0 Å². The van der Waals surface area contributed by atoms with E-state index < -0.39 is 11.9 Å². The van der Waals surface area contributed by atoms with Crippen molar-refractivity contribution in [1.29, 1.82) is 0 Å². The largest absolute Gasteiger partial charge is 0.481 e. The number of nitrogens with one attached hydrogen (secondary N) is 1. The number of hydrogen-bond donors (Lipinski definition) is 2. The van der Waals surface area contributed by atoms with E-state index in [1.807, 2.05) is 19.2 Å². The molecule has 0 aliphatic carbocycles. The van der Waals surface area contributed by atoms with Crippen molar-refractivity contribution in [2.24, 2.45) is 11.8 Å². The molecule has 19 heavy (non-hydrogen) atoms. The van der Waals surface area contributed by atoms with Gasteiger partial charge in [0, 0.05) is 24.7 Å². The Kier molecular flexibility index (Phi) is 4.04. The maximum absolute atomic E-state index is 12.1. The van der Waals surface area contributed by atoms with Crippen LogP contribution in [0.4, 0.5) is 4.79 Å². The van der Waals surface area contributed by atoms with Gasteiger partial charge in [-0.05, 0) is 12.8 Å². The lowest BCUT2D eigenvalue weighted by atomic mass is 9.99. The van der Waals surface area contributed by atoms with Crippen molar-refractivity contribution in [2.75, 3.05) is 13.1 Å². The number of urea groups is 1. The molecule has 1 saturated heterocycles. The zero-order valence-electron chi connectivity index (χ0n) is 10.9. The third-order valence-electron chi connectivity index (χ3n) is 3.38. The van der Waals surface area contributed by atoms with Crippen molar-refractivity contribution in [3.8, 4) is 0 Å². The van der Waals surface area contributed by atoms with E-state index in [0.717, 1.165) is 5.01 Å². The zero-order chi connectivity index (χ0) is 14.0. The number of carbonyl (C=O) groups is 2. The Morgan fingerprint density at radius 3 is 2.84 bits per heavy atom. The molecule has 3 atom stereocenters. The van der Waals surface area contributed by atoms with Crippen LogP contribution in [0, 0.1) is 11.8 Å². The molecule has 2 heterocycles. The van der Waals surface area contributed by atoms with Crippen LogP contribution in [0.5, 0.6) is 0 Å². The lowest BCUT2D eigenvalue weighted by Gasteiger charge is -2.19. The van der Waals surface area contributed by atoms with Crippen LogP contribution in [0.3, 0.4) is 0 Å². The first-order valence-electron chi connectivity index (χ1n) is 6.16. The molecule has 1 unspecified atom stereocenters. The number of likely N-dealkylation sites (tertiary alicyclic amines) is 1. The van der Waals surface area contributed by atoms with Gasteiger partial charge in [0.2, 0.25) is 0 Å². The van der Waals surface area contributed by atoms with Gasteiger partial charge in [0.1, 0.15) is 5.01 Å². The van der Waals surface area contributed by atoms with Crippen molar-refractivity contribution in [1.82, 2.24) is 15.2 Å². The molecule has 0 radical (unpaired) electrons. The number of carboxylic acids is 1. The van der Waals surface area contributed by atoms with E-state index in [0.29, 0.717) is 6.54 Å². The summed E-state index contributed by atoms with van der Waals surface area (Å²) in [5.74, 6) is -1.32. The summed E-state index contributed by atoms with van der Waals surface area (Å²) in [7, 11) is 0. The number of rotatable bonds is 3. The van der Waals surface area contributed by atoms with Gasteiger partial charge in [0.15, 0.2) is 0 Å². The summed E-state index contributed by atoms with van der Waals surface area (Å²) in [6, 6.07) is -0.384. The Labute approximate surface area is 115 Å². The molecule has 1 aliphatic rings. The number of aromatic nitrogens is 1. The topological polar surface area (TPSA) is 82.5 Å². The summed E-state index contributed by atoms with van der Waals surface area (Å²) >= 11 is 1.48. The molecule has 0 spiro atoms. The van der Waals surface area contributed by atoms with Gasteiger partial charge in [-0.2, -0.15) is 0 Å². The van der Waals surface area contributed by atoms with Crippen molar-refractivity contribution in [3.63, 3.8) is 0 Å². The molecule has 1 aromatic heterocycles. The third-order valence-corrected chi connectivity index (χ3v) is 4.34. The minimum absolute atomic E-state index is 0.0154. The summed E-state index contributed by atoms with van der Waals surface area (Å²) in [5, 5.41) is 14.6. The first-order valence-corrected chi connectivity index (χ1v) is 7.04. The Morgan fingerprint density at radius 1 is 1.58 bits per heavy atom. The lowest BCUT2D eigenvalue weighted by Crippen LogP contribution is -2.40. The fourth-order valence-corrected chi connectivity index (χ4v) is 2.89. The van der Waals surface area contributed by atoms with Crippen molar-refractivity contribution < 1.29 is 14.7 Å². The van der Waals surface area contributed by atoms with Crippen LogP contribution >= 0.6 is 11.3 Å². The highest BCUT2D eigenvalue weighted by Gasteiger charge is 2.37. The SMILES string of the molecule is CC(NC(=O)N1C[C@@H](C)[C@H](C(=O)O)C1)c1nccs1. The molecule has 1 aliphatic heterocycles. The molecular formula is C12H17N3O3S. The first kappa shape index (κ1) is 13.8. The Morgan fingerprint density at radius 2 is 2.32 bits per heavy atom. The number of carbonyl (C=O) groups excluding carboxylic acids is 1. The molecule has 2 rings (SSSR count). The van der Waals surface area contributed by atoms with Gasteiger partial charge in [-0.1, -0.05) is 6.92 Å². The van der Waals surface area contributed by atoms with Crippen molar-refractivity contribution in [2.45, 2.75) is 19.9 Å². The van der Waals surface area contributed by atoms with E-state index in [1.54, 1.807) is 11.1 Å². The maximum atomic E-state index is 12.1. The Hall–Kier alpha value is -1.63. The molecule has 0 aromatic carbocycles. The zero-order valence-corrected chi connectivity index (χ0v) is 11.7. The molecule has 2 amide bonds. The van der Waals surface area contributed by atoms with Gasteiger partial charge < -0.3 is 15.3 Å². The van der Waals surface area contributed by atoms with Gasteiger partial charge >= 0.3 is 12.0 Å². The highest BCUT2D eigenvalue weighted by molar-refractivity contribution is 7.09. The van der Waals surface area contributed by atoms with E-state index in [4.69, 9.17) is 5.11 Å². The average molecular weight is 283 g/mol. The number of nitrogens with zero attached hydrogens (tertiary/aromatic N) is 2. The van der Waals surface area contributed by atoms with Gasteiger partial charge in [0.05, 0.1) is 12.0 Å². The molecule has 1 fully saturated rings. The van der Waals surface area contributed by atoms with Gasteiger partial charge in [-0.15, -0.1) is 11.3 Å². The summed E-state index contributed by atoms with van der Waals surface area (Å²) in [6.07, 6.45) is 1.70. The van der Waals surface area contributed by atoms with Crippen LogP contribution in [0.15, 0.2) is 11.6 Å². The smallest absolute Gasteiger partial charge is 0.317 e. The standard InChI is InChI=1S/C12H17N3O3S/c1-7-5-15(6-9(7)11(16)17)12(18)14-8(2)10-13-3-4-19-10/h3-4,7-9H,5-6H2,1-2H3,(H,14,18)(H,16,17)/t7-,8?,9-/m1/s1. The van der Waals surface area contributed by atoms with Gasteiger partial charge in [0.25, 0.3) is 0 Å². The highest BCUT2D eigenvalue weighted by Crippen LogP contribution is 2.24. The summed E-state index contributed by atoms with van der Waals surface area (Å²) in [6.45, 7) is 4.47. The molecule has 7 heteroatoms. The minimum Gasteiger partial charge on any atom is -0.481 e. The van der Waals surface area contributed by atoms with E-state index >= 15 is 0 Å². The third kappa shape index (κ3) is 3.04. The van der Waals surface area contributed by atoms with Gasteiger partial charge in [-0.3, -0.25) is 4.79 Å². The second-order valence-corrected chi connectivity index (χ2v) is 5.79. The molecule has 0 bridgehead atoms. The fraction of sp³-hybridized carbons (Fsp3) is 0.583. The lowest BCUT2D eigenvalue weighted by molar-refractivity contribution is -0.142. The number of hydrogen-bond acceptors (Lipinski definition) is 4. The molecule has 0 saturated carbocycles. The van der Waals surface area contributed by atoms with E-state index in [2.05, 4.69) is 10.3 Å². The predicted octanol–water partition coefficient (Wildman–Crippen LogP) is 1.57. The molecule has 2 N–H and O–H groups in total. The second-order valence-electron chi connectivity index (χ2n) is 4.87. The normalized spacial score (nSPS) is 24.2. The first-order chi connectivity index (χ1) is 8.99. The maximum Gasteiger partial charge on any atom is 0.317 e. The van der Waals surface area contributed by atoms with E-state index in [9.17, 15) is 9.59 Å². The Balaban J connectivity index is 1.93. The minimum atomic E-state index is -0.837. The van der Waals surface area contributed by atoms with E-state index in [-0.39, 0.29) is 24.5 Å². The van der Waals surface area contributed by atoms with Crippen LogP contribution in [-0.4, -0.2) is 40.1 Å². The van der Waals surface area contributed by atoms with Crippen LogP contribution in [0.1, 0.15) is 24.9 Å². The van der Waals surface area contributed by atoms with Crippen molar-refractivity contribution >= 4 is 23.3 Å². The number of aliphatic carboxylic acids is 1. The van der Waals surface area contributed by atoms with Crippen molar-refractivity contribution in [3.05, 3.63) is 16.6 Å². The van der Waals surface area contributed by atoms with Crippen LogP contribution in [-0.2, 0) is 4.79 Å².